The number of ether oxygens (including phenoxy) is 1. The van der Waals surface area contributed by atoms with E-state index < -0.39 is 5.60 Å². The molecule has 0 aromatic heterocycles. The summed E-state index contributed by atoms with van der Waals surface area (Å²) in [5.74, 6) is 1.34. The van der Waals surface area contributed by atoms with E-state index in [1.807, 2.05) is 0 Å². The highest BCUT2D eigenvalue weighted by Gasteiger charge is 2.51. The molecule has 0 heterocycles. The van der Waals surface area contributed by atoms with Gasteiger partial charge in [0.15, 0.2) is 5.78 Å². The summed E-state index contributed by atoms with van der Waals surface area (Å²) in [6, 6.07) is 0. The fraction of sp³-hybridized carbons (Fsp3) is 0.667. The lowest BCUT2D eigenvalue weighted by molar-refractivity contribution is -0.110. The molecule has 1 N–H and O–H groups in total. The standard InChI is InChI=1S/C15H20O3/c1-18-13-7-10-6-11-4-2-3-5-15(11,17)14(10)9-12(16)8-13/h8-11,17H,2-7H2,1H3/t10-,11+,15+/m1/s1. The normalized spacial score (nSPS) is 39.3. The second kappa shape index (κ2) is 4.23. The number of methoxy groups -OCH3 is 1. The average molecular weight is 248 g/mol. The maximum Gasteiger partial charge on any atom is 0.182 e. The zero-order valence-corrected chi connectivity index (χ0v) is 10.8. The number of aliphatic hydroxyl groups is 1. The minimum Gasteiger partial charge on any atom is -0.501 e. The first kappa shape index (κ1) is 12.0. The van der Waals surface area contributed by atoms with Gasteiger partial charge in [0.05, 0.1) is 18.5 Å². The van der Waals surface area contributed by atoms with Gasteiger partial charge in [0.25, 0.3) is 0 Å². The molecule has 3 rings (SSSR count). The fourth-order valence-electron chi connectivity index (χ4n) is 3.98. The molecule has 0 saturated heterocycles. The molecule has 0 bridgehead atoms. The van der Waals surface area contributed by atoms with E-state index in [1.165, 1.54) is 6.42 Å². The number of carbonyl (C=O) groups is 1. The highest BCUT2D eigenvalue weighted by Crippen LogP contribution is 2.53. The van der Waals surface area contributed by atoms with Gasteiger partial charge in [0.2, 0.25) is 0 Å². The Morgan fingerprint density at radius 3 is 3.00 bits per heavy atom. The van der Waals surface area contributed by atoms with E-state index in [4.69, 9.17) is 4.74 Å². The maximum atomic E-state index is 11.9. The lowest BCUT2D eigenvalue weighted by atomic mass is 9.75. The first-order chi connectivity index (χ1) is 8.63. The Morgan fingerprint density at radius 1 is 1.39 bits per heavy atom. The number of fused-ring (bicyclic) bond motifs is 3. The van der Waals surface area contributed by atoms with Crippen LogP contribution in [0.25, 0.3) is 0 Å². The quantitative estimate of drug-likeness (QED) is 0.775. The average Bonchev–Trinajstić information content (AvgIpc) is 2.52. The highest BCUT2D eigenvalue weighted by atomic mass is 16.5. The summed E-state index contributed by atoms with van der Waals surface area (Å²) in [7, 11) is 1.61. The summed E-state index contributed by atoms with van der Waals surface area (Å²) >= 11 is 0. The fourth-order valence-corrected chi connectivity index (χ4v) is 3.98. The second-order valence-electron chi connectivity index (χ2n) is 5.82. The van der Waals surface area contributed by atoms with Gasteiger partial charge in [-0.3, -0.25) is 4.79 Å². The van der Waals surface area contributed by atoms with E-state index in [1.54, 1.807) is 19.3 Å². The Labute approximate surface area is 108 Å². The van der Waals surface area contributed by atoms with Crippen molar-refractivity contribution >= 4 is 5.78 Å². The number of carbonyl (C=O) groups excluding carboxylic acids is 1. The molecule has 0 unspecified atom stereocenters. The first-order valence-corrected chi connectivity index (χ1v) is 6.86. The molecule has 3 nitrogen and oxygen atoms in total. The van der Waals surface area contributed by atoms with Crippen LogP contribution in [0.5, 0.6) is 0 Å². The van der Waals surface area contributed by atoms with E-state index in [-0.39, 0.29) is 11.7 Å². The largest absolute Gasteiger partial charge is 0.501 e. The maximum absolute atomic E-state index is 11.9. The van der Waals surface area contributed by atoms with Crippen LogP contribution in [-0.2, 0) is 9.53 Å². The molecule has 3 aliphatic rings. The van der Waals surface area contributed by atoms with Crippen molar-refractivity contribution in [3.63, 3.8) is 0 Å². The van der Waals surface area contributed by atoms with Gasteiger partial charge < -0.3 is 9.84 Å². The van der Waals surface area contributed by atoms with Crippen molar-refractivity contribution in [1.82, 2.24) is 0 Å². The summed E-state index contributed by atoms with van der Waals surface area (Å²) in [5, 5.41) is 10.9. The molecule has 0 spiro atoms. The van der Waals surface area contributed by atoms with E-state index in [9.17, 15) is 9.90 Å². The van der Waals surface area contributed by atoms with Crippen LogP contribution < -0.4 is 0 Å². The smallest absolute Gasteiger partial charge is 0.182 e. The van der Waals surface area contributed by atoms with Crippen LogP contribution in [0.4, 0.5) is 0 Å². The predicted octanol–water partition coefficient (Wildman–Crippen LogP) is 2.36. The van der Waals surface area contributed by atoms with Gasteiger partial charge >= 0.3 is 0 Å². The Bertz CT molecular complexity index is 435. The molecule has 3 heteroatoms. The number of rotatable bonds is 1. The molecule has 3 atom stereocenters. The summed E-state index contributed by atoms with van der Waals surface area (Å²) < 4.78 is 5.26. The zero-order valence-electron chi connectivity index (χ0n) is 10.8. The molecular formula is C15H20O3. The van der Waals surface area contributed by atoms with Crippen molar-refractivity contribution < 1.29 is 14.6 Å². The highest BCUT2D eigenvalue weighted by molar-refractivity contribution is 6.00. The molecule has 98 valence electrons. The van der Waals surface area contributed by atoms with E-state index in [2.05, 4.69) is 0 Å². The Morgan fingerprint density at radius 2 is 2.22 bits per heavy atom. The number of allylic oxidation sites excluding steroid dienone is 3. The molecule has 0 aromatic carbocycles. The van der Waals surface area contributed by atoms with Crippen molar-refractivity contribution in [1.29, 1.82) is 0 Å². The third-order valence-electron chi connectivity index (χ3n) is 4.86. The molecule has 18 heavy (non-hydrogen) atoms. The minimum absolute atomic E-state index is 0.0380. The molecular weight excluding hydrogens is 228 g/mol. The van der Waals surface area contributed by atoms with Gasteiger partial charge in [-0.15, -0.1) is 0 Å². The van der Waals surface area contributed by atoms with Crippen molar-refractivity contribution in [2.24, 2.45) is 11.8 Å². The third kappa shape index (κ3) is 1.72. The Kier molecular flexibility index (Phi) is 2.81. The molecule has 0 radical (unpaired) electrons. The minimum atomic E-state index is -0.713. The van der Waals surface area contributed by atoms with Gasteiger partial charge in [0.1, 0.15) is 0 Å². The van der Waals surface area contributed by atoms with Crippen molar-refractivity contribution in [2.45, 2.75) is 44.1 Å². The lowest BCUT2D eigenvalue weighted by Crippen LogP contribution is -2.38. The molecule has 0 amide bonds. The summed E-state index contributed by atoms with van der Waals surface area (Å²) in [6.45, 7) is 0. The zero-order chi connectivity index (χ0) is 12.8. The number of ketones is 1. The number of hydrogen-bond donors (Lipinski definition) is 1. The van der Waals surface area contributed by atoms with Crippen LogP contribution in [0.15, 0.2) is 23.5 Å². The van der Waals surface area contributed by atoms with Crippen LogP contribution in [0, 0.1) is 11.8 Å². The van der Waals surface area contributed by atoms with E-state index in [0.29, 0.717) is 5.92 Å². The third-order valence-corrected chi connectivity index (χ3v) is 4.86. The monoisotopic (exact) mass is 248 g/mol. The number of hydrogen-bond acceptors (Lipinski definition) is 3. The van der Waals surface area contributed by atoms with Gasteiger partial charge in [0, 0.05) is 12.5 Å². The SMILES string of the molecule is COC1=CC(=O)C=C2[C@@H](C1)C[C@@H]1CCCC[C@@]21O. The van der Waals surface area contributed by atoms with Gasteiger partial charge in [-0.2, -0.15) is 0 Å². The summed E-state index contributed by atoms with van der Waals surface area (Å²) in [5.41, 5.74) is 0.260. The topological polar surface area (TPSA) is 46.5 Å². The van der Waals surface area contributed by atoms with Gasteiger partial charge in [-0.25, -0.2) is 0 Å². The van der Waals surface area contributed by atoms with Gasteiger partial charge in [-0.05, 0) is 42.7 Å². The van der Waals surface area contributed by atoms with Crippen LogP contribution in [0.2, 0.25) is 0 Å². The van der Waals surface area contributed by atoms with Crippen LogP contribution in [0.1, 0.15) is 38.5 Å². The van der Waals surface area contributed by atoms with Crippen molar-refractivity contribution in [3.05, 3.63) is 23.5 Å². The van der Waals surface area contributed by atoms with E-state index >= 15 is 0 Å². The molecule has 3 aliphatic carbocycles. The lowest BCUT2D eigenvalue weighted by Gasteiger charge is -2.35. The van der Waals surface area contributed by atoms with Crippen molar-refractivity contribution in [2.75, 3.05) is 7.11 Å². The van der Waals surface area contributed by atoms with Gasteiger partial charge in [-0.1, -0.05) is 12.8 Å². The molecule has 0 aliphatic heterocycles. The Balaban J connectivity index is 1.96. The summed E-state index contributed by atoms with van der Waals surface area (Å²) in [6.07, 6.45) is 9.15. The van der Waals surface area contributed by atoms with Crippen LogP contribution in [-0.4, -0.2) is 23.6 Å². The van der Waals surface area contributed by atoms with Crippen molar-refractivity contribution in [3.8, 4) is 0 Å². The summed E-state index contributed by atoms with van der Waals surface area (Å²) in [4.78, 5) is 11.9. The predicted molar refractivity (Wildman–Crippen MR) is 67.8 cm³/mol. The molecule has 0 aromatic rings. The van der Waals surface area contributed by atoms with Crippen LogP contribution >= 0.6 is 0 Å². The first-order valence-electron chi connectivity index (χ1n) is 6.86. The Hall–Kier alpha value is -1.09. The molecule has 2 saturated carbocycles. The molecule has 2 fully saturated rings. The second-order valence-corrected chi connectivity index (χ2v) is 5.82. The van der Waals surface area contributed by atoms with E-state index in [0.717, 1.165) is 43.4 Å². The van der Waals surface area contributed by atoms with Crippen LogP contribution in [0.3, 0.4) is 0 Å².